The highest BCUT2D eigenvalue weighted by molar-refractivity contribution is 6.00. The number of piperazine rings is 1. The first-order valence-corrected chi connectivity index (χ1v) is 4.48. The van der Waals surface area contributed by atoms with Gasteiger partial charge < -0.3 is 5.11 Å². The zero-order valence-electron chi connectivity index (χ0n) is 8.27. The van der Waals surface area contributed by atoms with Gasteiger partial charge in [0.25, 0.3) is 0 Å². The van der Waals surface area contributed by atoms with Gasteiger partial charge in [0.1, 0.15) is 0 Å². The zero-order chi connectivity index (χ0) is 11.4. The van der Waals surface area contributed by atoms with Gasteiger partial charge >= 0.3 is 5.97 Å². The van der Waals surface area contributed by atoms with E-state index in [2.05, 4.69) is 5.32 Å². The summed E-state index contributed by atoms with van der Waals surface area (Å²) in [5.74, 6) is -1.76. The van der Waals surface area contributed by atoms with E-state index in [9.17, 15) is 14.4 Å². The Kier molecular flexibility index (Phi) is 3.56. The van der Waals surface area contributed by atoms with E-state index in [1.165, 1.54) is 6.08 Å². The smallest absolute Gasteiger partial charge is 0.328 e. The number of imide groups is 1. The number of nitrogens with zero attached hydrogens (tertiary/aromatic N) is 1. The highest BCUT2D eigenvalue weighted by atomic mass is 16.4. The molecule has 1 atom stereocenters. The highest BCUT2D eigenvalue weighted by Gasteiger charge is 2.28. The molecule has 1 saturated heterocycles. The quantitative estimate of drug-likeness (QED) is 0.461. The lowest BCUT2D eigenvalue weighted by molar-refractivity contribution is -0.139. The molecule has 1 aliphatic rings. The van der Waals surface area contributed by atoms with Crippen LogP contribution in [0.4, 0.5) is 0 Å². The van der Waals surface area contributed by atoms with Gasteiger partial charge in [0.05, 0.1) is 12.6 Å². The van der Waals surface area contributed by atoms with E-state index in [-0.39, 0.29) is 24.9 Å². The molecule has 1 fully saturated rings. The van der Waals surface area contributed by atoms with Gasteiger partial charge in [-0.25, -0.2) is 4.79 Å². The van der Waals surface area contributed by atoms with Crippen LogP contribution in [0.25, 0.3) is 0 Å². The Hall–Kier alpha value is -1.69. The Balaban J connectivity index is 2.56. The van der Waals surface area contributed by atoms with Gasteiger partial charge in [0.2, 0.25) is 11.8 Å². The van der Waals surface area contributed by atoms with E-state index >= 15 is 0 Å². The Morgan fingerprint density at radius 1 is 1.67 bits per heavy atom. The molecule has 0 spiro atoms. The number of carboxylic acids is 1. The summed E-state index contributed by atoms with van der Waals surface area (Å²) in [5.41, 5.74) is 0. The van der Waals surface area contributed by atoms with E-state index in [1.54, 1.807) is 11.8 Å². The Morgan fingerprint density at radius 3 is 2.93 bits per heavy atom. The zero-order valence-corrected chi connectivity index (χ0v) is 8.27. The van der Waals surface area contributed by atoms with Crippen molar-refractivity contribution in [2.24, 2.45) is 0 Å². The summed E-state index contributed by atoms with van der Waals surface area (Å²) in [7, 11) is 0. The van der Waals surface area contributed by atoms with Crippen LogP contribution in [0, 0.1) is 0 Å². The molecule has 0 aromatic heterocycles. The number of hydrogen-bond donors (Lipinski definition) is 2. The first-order valence-electron chi connectivity index (χ1n) is 4.48. The fourth-order valence-electron chi connectivity index (χ4n) is 1.28. The lowest BCUT2D eigenvalue weighted by Crippen LogP contribution is -2.56. The molecule has 6 nitrogen and oxygen atoms in total. The van der Waals surface area contributed by atoms with Crippen LogP contribution in [0.15, 0.2) is 12.2 Å². The molecule has 0 aromatic carbocycles. The number of carbonyl (C=O) groups is 3. The minimum Gasteiger partial charge on any atom is -0.478 e. The van der Waals surface area contributed by atoms with E-state index in [0.717, 1.165) is 6.08 Å². The van der Waals surface area contributed by atoms with Crippen molar-refractivity contribution >= 4 is 17.8 Å². The summed E-state index contributed by atoms with van der Waals surface area (Å²) in [6.45, 7) is 2.04. The van der Waals surface area contributed by atoms with Crippen LogP contribution in [0.2, 0.25) is 0 Å². The third-order valence-electron chi connectivity index (χ3n) is 2.14. The molecular weight excluding hydrogens is 200 g/mol. The van der Waals surface area contributed by atoms with Gasteiger partial charge in [-0.2, -0.15) is 0 Å². The van der Waals surface area contributed by atoms with Crippen molar-refractivity contribution in [1.82, 2.24) is 10.2 Å². The molecule has 1 heterocycles. The fraction of sp³-hybridized carbons (Fsp3) is 0.444. The standard InChI is InChI=1S/C9H12N2O4/c1-6-9(15)10-7(12)5-11(6)4-2-3-8(13)14/h2-3,6H,4-5H2,1H3,(H,13,14)(H,10,12,15)/b3-2+. The van der Waals surface area contributed by atoms with E-state index in [0.29, 0.717) is 0 Å². The van der Waals surface area contributed by atoms with Gasteiger partial charge in [0.15, 0.2) is 0 Å². The number of amides is 2. The van der Waals surface area contributed by atoms with Crippen molar-refractivity contribution < 1.29 is 19.5 Å². The van der Waals surface area contributed by atoms with Crippen LogP contribution in [-0.4, -0.2) is 46.9 Å². The minimum absolute atomic E-state index is 0.108. The molecule has 0 aliphatic carbocycles. The molecule has 82 valence electrons. The van der Waals surface area contributed by atoms with Gasteiger partial charge in [-0.1, -0.05) is 6.08 Å². The molecular formula is C9H12N2O4. The van der Waals surface area contributed by atoms with Gasteiger partial charge in [-0.05, 0) is 6.92 Å². The van der Waals surface area contributed by atoms with Crippen LogP contribution in [0.5, 0.6) is 0 Å². The first-order chi connectivity index (χ1) is 7.00. The van der Waals surface area contributed by atoms with Crippen LogP contribution in [0.3, 0.4) is 0 Å². The Labute approximate surface area is 86.6 Å². The van der Waals surface area contributed by atoms with Gasteiger partial charge in [-0.15, -0.1) is 0 Å². The minimum atomic E-state index is -1.05. The second-order valence-corrected chi connectivity index (χ2v) is 3.26. The molecule has 1 aliphatic heterocycles. The second-order valence-electron chi connectivity index (χ2n) is 3.26. The summed E-state index contributed by atoms with van der Waals surface area (Å²) in [5, 5.41) is 10.6. The maximum Gasteiger partial charge on any atom is 0.328 e. The first kappa shape index (κ1) is 11.4. The predicted octanol–water partition coefficient (Wildman–Crippen LogP) is -1.03. The van der Waals surface area contributed by atoms with E-state index in [4.69, 9.17) is 5.11 Å². The lowest BCUT2D eigenvalue weighted by atomic mass is 10.2. The maximum absolute atomic E-state index is 11.2. The summed E-state index contributed by atoms with van der Waals surface area (Å²) < 4.78 is 0. The molecule has 2 amide bonds. The van der Waals surface area contributed by atoms with Crippen molar-refractivity contribution in [3.63, 3.8) is 0 Å². The third-order valence-corrected chi connectivity index (χ3v) is 2.14. The topological polar surface area (TPSA) is 86.7 Å². The number of rotatable bonds is 3. The monoisotopic (exact) mass is 212 g/mol. The number of hydrogen-bond acceptors (Lipinski definition) is 4. The number of aliphatic carboxylic acids is 1. The fourth-order valence-corrected chi connectivity index (χ4v) is 1.28. The van der Waals surface area contributed by atoms with Gasteiger partial charge in [0, 0.05) is 12.6 Å². The Morgan fingerprint density at radius 2 is 2.33 bits per heavy atom. The van der Waals surface area contributed by atoms with E-state index in [1.807, 2.05) is 0 Å². The number of nitrogens with one attached hydrogen (secondary N) is 1. The SMILES string of the molecule is CC1C(=O)NC(=O)CN1C/C=C/C(=O)O. The summed E-state index contributed by atoms with van der Waals surface area (Å²) in [6.07, 6.45) is 2.40. The van der Waals surface area contributed by atoms with Crippen LogP contribution in [0.1, 0.15) is 6.92 Å². The lowest BCUT2D eigenvalue weighted by Gasteiger charge is -2.30. The molecule has 15 heavy (non-hydrogen) atoms. The summed E-state index contributed by atoms with van der Waals surface area (Å²) >= 11 is 0. The largest absolute Gasteiger partial charge is 0.478 e. The van der Waals surface area contributed by atoms with Crippen molar-refractivity contribution in [1.29, 1.82) is 0 Å². The highest BCUT2D eigenvalue weighted by Crippen LogP contribution is 2.03. The van der Waals surface area contributed by atoms with Crippen molar-refractivity contribution in [2.45, 2.75) is 13.0 Å². The van der Waals surface area contributed by atoms with Gasteiger partial charge in [-0.3, -0.25) is 19.8 Å². The van der Waals surface area contributed by atoms with Crippen molar-refractivity contribution in [2.75, 3.05) is 13.1 Å². The molecule has 2 N–H and O–H groups in total. The second kappa shape index (κ2) is 4.70. The Bertz CT molecular complexity index is 324. The average Bonchev–Trinajstić information content (AvgIpc) is 2.12. The predicted molar refractivity (Wildman–Crippen MR) is 51.0 cm³/mol. The number of carboxylic acid groups (broad SMARTS) is 1. The van der Waals surface area contributed by atoms with Crippen LogP contribution >= 0.6 is 0 Å². The van der Waals surface area contributed by atoms with E-state index < -0.39 is 12.0 Å². The maximum atomic E-state index is 11.2. The molecule has 1 unspecified atom stereocenters. The molecule has 1 rings (SSSR count). The third kappa shape index (κ3) is 3.17. The van der Waals surface area contributed by atoms with Crippen molar-refractivity contribution in [3.05, 3.63) is 12.2 Å². The molecule has 0 saturated carbocycles. The molecule has 0 radical (unpaired) electrons. The summed E-state index contributed by atoms with van der Waals surface area (Å²) in [6, 6.07) is -0.416. The number of carbonyl (C=O) groups excluding carboxylic acids is 2. The molecule has 0 bridgehead atoms. The average molecular weight is 212 g/mol. The molecule has 6 heteroatoms. The van der Waals surface area contributed by atoms with Crippen LogP contribution < -0.4 is 5.32 Å². The molecule has 0 aromatic rings. The normalized spacial score (nSPS) is 23.1. The summed E-state index contributed by atoms with van der Waals surface area (Å²) in [4.78, 5) is 34.0. The van der Waals surface area contributed by atoms with Crippen LogP contribution in [-0.2, 0) is 14.4 Å². The van der Waals surface area contributed by atoms with Crippen molar-refractivity contribution in [3.8, 4) is 0 Å².